The zero-order valence-corrected chi connectivity index (χ0v) is 41.9. The van der Waals surface area contributed by atoms with E-state index >= 15 is 0 Å². The second-order valence-corrected chi connectivity index (χ2v) is 26.3. The van der Waals surface area contributed by atoms with Crippen molar-refractivity contribution in [1.29, 1.82) is 0 Å². The average molecular weight is 869 g/mol. The molecule has 0 saturated heterocycles. The van der Waals surface area contributed by atoms with Crippen LogP contribution in [0.4, 0.5) is 0 Å². The van der Waals surface area contributed by atoms with Gasteiger partial charge in [-0.15, -0.1) is 0 Å². The lowest BCUT2D eigenvalue weighted by atomic mass is 10.2. The van der Waals surface area contributed by atoms with Crippen molar-refractivity contribution >= 4 is 30.0 Å². The Morgan fingerprint density at radius 1 is 0.250 bits per heavy atom. The molecule has 336 valence electrons. The van der Waals surface area contributed by atoms with Crippen LogP contribution >= 0.6 is 30.0 Å². The number of nitrogens with zero attached hydrogens (tertiary/aromatic N) is 8. The second-order valence-electron chi connectivity index (χ2n) is 16.3. The van der Waals surface area contributed by atoms with Gasteiger partial charge in [0.1, 0.15) is 0 Å². The fourth-order valence-electron chi connectivity index (χ4n) is 7.28. The Bertz CT molecular complexity index is 984. The third kappa shape index (κ3) is 20.0. The predicted octanol–water partition coefficient (Wildman–Crippen LogP) is 14.3. The molecule has 56 heavy (non-hydrogen) atoms. The lowest BCUT2D eigenvalue weighted by Gasteiger charge is -2.43. The summed E-state index contributed by atoms with van der Waals surface area (Å²) in [5.74, 6) is 0. The fraction of sp³-hybridized carbons (Fsp3) is 1.00. The molecule has 0 aliphatic carbocycles. The maximum absolute atomic E-state index is 7.93. The number of hydrogen-bond acceptors (Lipinski definition) is 12. The van der Waals surface area contributed by atoms with Crippen LogP contribution in [0.5, 0.6) is 0 Å². The van der Waals surface area contributed by atoms with Gasteiger partial charge in [0.15, 0.2) is 0 Å². The van der Waals surface area contributed by atoms with Crippen LogP contribution in [-0.4, -0.2) is 71.0 Å². The number of nitrogens with two attached hydrogens (primary N) is 4. The number of rotatable bonds is 36. The molecule has 0 saturated carbocycles. The molecule has 0 radical (unpaired) electrons. The van der Waals surface area contributed by atoms with Crippen molar-refractivity contribution in [1.82, 2.24) is 18.7 Å². The van der Waals surface area contributed by atoms with Gasteiger partial charge in [0.25, 0.3) is 0 Å². The zero-order chi connectivity index (χ0) is 41.8. The molecule has 1 aliphatic rings. The van der Waals surface area contributed by atoms with E-state index in [9.17, 15) is 0 Å². The van der Waals surface area contributed by atoms with Crippen LogP contribution in [0.25, 0.3) is 0 Å². The Kier molecular flexibility index (Phi) is 30.7. The summed E-state index contributed by atoms with van der Waals surface area (Å²) in [5, 5.41) is 0. The first kappa shape index (κ1) is 54.6. The SMILES string of the molecule is CCCCCN(CCCCC)P1(N)=NP(N)(N(CCCCC)CCCCC)=NP(N)(N(CCCCC)CCCCC)=NP(N)(N(CCCCC)CCCCC)=N1. The van der Waals surface area contributed by atoms with Crippen molar-refractivity contribution in [3.63, 3.8) is 0 Å². The van der Waals surface area contributed by atoms with Gasteiger partial charge in [0, 0.05) is 52.4 Å². The van der Waals surface area contributed by atoms with Crippen LogP contribution in [0, 0.1) is 0 Å². The second kappa shape index (κ2) is 31.4. The Balaban J connectivity index is 4.55. The minimum atomic E-state index is -3.17. The summed E-state index contributed by atoms with van der Waals surface area (Å²) in [6.07, 6.45) is 26.4. The first-order chi connectivity index (χ1) is 26.9. The van der Waals surface area contributed by atoms with E-state index in [1.165, 1.54) is 0 Å². The van der Waals surface area contributed by atoms with Gasteiger partial charge in [0.05, 0.1) is 0 Å². The van der Waals surface area contributed by atoms with E-state index in [0.717, 1.165) is 206 Å². The van der Waals surface area contributed by atoms with Gasteiger partial charge in [-0.3, -0.25) is 22.0 Å². The highest BCUT2D eigenvalue weighted by Gasteiger charge is 2.41. The monoisotopic (exact) mass is 869 g/mol. The van der Waals surface area contributed by atoms with Crippen molar-refractivity contribution in [3.05, 3.63) is 0 Å². The molecule has 1 aliphatic heterocycles. The van der Waals surface area contributed by atoms with Crippen LogP contribution < -0.4 is 22.0 Å². The smallest absolute Gasteiger partial charge is 0.215 e. The largest absolute Gasteiger partial charge is 0.267 e. The van der Waals surface area contributed by atoms with Crippen LogP contribution in [0.1, 0.15) is 209 Å². The van der Waals surface area contributed by atoms with E-state index in [0.29, 0.717) is 0 Å². The van der Waals surface area contributed by atoms with E-state index in [-0.39, 0.29) is 0 Å². The molecule has 0 unspecified atom stereocenters. The quantitative estimate of drug-likeness (QED) is 0.0357. The maximum Gasteiger partial charge on any atom is 0.215 e. The Morgan fingerprint density at radius 2 is 0.375 bits per heavy atom. The van der Waals surface area contributed by atoms with E-state index in [1.807, 2.05) is 0 Å². The first-order valence-corrected chi connectivity index (χ1v) is 30.5. The van der Waals surface area contributed by atoms with Crippen molar-refractivity contribution in [2.24, 2.45) is 40.1 Å². The highest BCUT2D eigenvalue weighted by molar-refractivity contribution is 7.83. The molecule has 0 amide bonds. The first-order valence-electron chi connectivity index (χ1n) is 23.6. The highest BCUT2D eigenvalue weighted by Crippen LogP contribution is 2.74. The van der Waals surface area contributed by atoms with Crippen molar-refractivity contribution in [3.8, 4) is 0 Å². The molecular formula is C40H96N12P4. The molecule has 8 N–H and O–H groups in total. The van der Waals surface area contributed by atoms with Gasteiger partial charge in [0.2, 0.25) is 30.0 Å². The summed E-state index contributed by atoms with van der Waals surface area (Å²) in [6.45, 7) is 24.7. The van der Waals surface area contributed by atoms with E-state index in [4.69, 9.17) is 40.1 Å². The molecule has 16 heteroatoms. The van der Waals surface area contributed by atoms with E-state index in [2.05, 4.69) is 74.1 Å². The molecule has 0 aromatic carbocycles. The lowest BCUT2D eigenvalue weighted by Crippen LogP contribution is -2.33. The summed E-state index contributed by atoms with van der Waals surface area (Å²) >= 11 is 0. The van der Waals surface area contributed by atoms with E-state index in [1.54, 1.807) is 0 Å². The summed E-state index contributed by atoms with van der Waals surface area (Å²) in [6, 6.07) is 0. The summed E-state index contributed by atoms with van der Waals surface area (Å²) in [5.41, 5.74) is 31.7. The highest BCUT2D eigenvalue weighted by atomic mass is 31.3. The average Bonchev–Trinajstić information content (AvgIpc) is 3.15. The molecule has 0 aromatic rings. The molecule has 0 bridgehead atoms. The van der Waals surface area contributed by atoms with Crippen LogP contribution in [0.15, 0.2) is 18.1 Å². The van der Waals surface area contributed by atoms with Gasteiger partial charge in [-0.05, 0) is 51.4 Å². The Labute approximate surface area is 349 Å². The summed E-state index contributed by atoms with van der Waals surface area (Å²) < 4.78 is 33.0. The zero-order valence-electron chi connectivity index (χ0n) is 38.3. The van der Waals surface area contributed by atoms with Gasteiger partial charge in [-0.25, -0.2) is 18.7 Å². The molecule has 0 aromatic heterocycles. The molecule has 0 fully saturated rings. The van der Waals surface area contributed by atoms with Crippen molar-refractivity contribution in [2.45, 2.75) is 209 Å². The third-order valence-electron chi connectivity index (χ3n) is 10.9. The maximum atomic E-state index is 7.93. The van der Waals surface area contributed by atoms with E-state index < -0.39 is 30.0 Å². The third-order valence-corrected chi connectivity index (χ3v) is 24.2. The number of hydrogen-bond donors (Lipinski definition) is 4. The molecular weight excluding hydrogens is 772 g/mol. The molecule has 1 rings (SSSR count). The molecule has 0 spiro atoms. The van der Waals surface area contributed by atoms with Gasteiger partial charge in [-0.1, -0.05) is 158 Å². The van der Waals surface area contributed by atoms with Gasteiger partial charge < -0.3 is 0 Å². The minimum Gasteiger partial charge on any atom is -0.267 e. The molecule has 12 nitrogen and oxygen atoms in total. The van der Waals surface area contributed by atoms with Crippen molar-refractivity contribution in [2.75, 3.05) is 52.4 Å². The van der Waals surface area contributed by atoms with Gasteiger partial charge in [-0.2, -0.15) is 18.1 Å². The fourth-order valence-corrected chi connectivity index (χ4v) is 22.4. The molecule has 1 heterocycles. The molecule has 0 atom stereocenters. The summed E-state index contributed by atoms with van der Waals surface area (Å²) in [4.78, 5) is 0. The summed E-state index contributed by atoms with van der Waals surface area (Å²) in [7, 11) is -12.7. The Morgan fingerprint density at radius 3 is 0.482 bits per heavy atom. The van der Waals surface area contributed by atoms with Gasteiger partial charge >= 0.3 is 0 Å². The Hall–Kier alpha value is 0.600. The topological polar surface area (TPSA) is 166 Å². The van der Waals surface area contributed by atoms with Crippen LogP contribution in [0.3, 0.4) is 0 Å². The minimum absolute atomic E-state index is 0.829. The normalized spacial score (nSPS) is 24.3. The van der Waals surface area contributed by atoms with Crippen LogP contribution in [0.2, 0.25) is 0 Å². The van der Waals surface area contributed by atoms with Crippen LogP contribution in [-0.2, 0) is 0 Å². The lowest BCUT2D eigenvalue weighted by molar-refractivity contribution is 0.405. The van der Waals surface area contributed by atoms with Crippen molar-refractivity contribution < 1.29 is 0 Å². The predicted molar refractivity (Wildman–Crippen MR) is 257 cm³/mol. The standard InChI is InChI=1S/C40H96N12P4/c1-9-17-25-33-49(34-26-18-10-2)53(41)45-54(42,50(35-27-19-11-3)36-28-20-12-4)47-56(44,52(39-31-23-15-7)40-32-24-16-8)48-55(43,46-53)51(37-29-21-13-5)38-30-22-14-6/h9-44H2,1-8H3. The number of unbranched alkanes of at least 4 members (excludes halogenated alkanes) is 16.